The molecule has 1 aromatic rings. The summed E-state index contributed by atoms with van der Waals surface area (Å²) in [5, 5.41) is 0. The van der Waals surface area contributed by atoms with Crippen molar-refractivity contribution < 1.29 is 13.2 Å². The molecule has 0 fully saturated rings. The van der Waals surface area contributed by atoms with Gasteiger partial charge < -0.3 is 10.5 Å². The topological polar surface area (TPSA) is 81.4 Å². The van der Waals surface area contributed by atoms with Crippen LogP contribution in [-0.2, 0) is 10.0 Å². The van der Waals surface area contributed by atoms with Crippen LogP contribution < -0.4 is 15.2 Å². The highest BCUT2D eigenvalue weighted by molar-refractivity contribution is 7.89. The lowest BCUT2D eigenvalue weighted by atomic mass is 9.86. The van der Waals surface area contributed by atoms with E-state index in [1.165, 1.54) is 25.3 Å². The molecular weight excluding hydrogens is 288 g/mol. The molecule has 21 heavy (non-hydrogen) atoms. The van der Waals surface area contributed by atoms with Crippen LogP contribution in [0.3, 0.4) is 0 Å². The van der Waals surface area contributed by atoms with Gasteiger partial charge in [-0.25, -0.2) is 13.1 Å². The van der Waals surface area contributed by atoms with Crippen LogP contribution in [-0.4, -0.2) is 22.1 Å². The van der Waals surface area contributed by atoms with Crippen molar-refractivity contribution in [2.75, 3.05) is 19.4 Å². The molecule has 5 nitrogen and oxygen atoms in total. The molecule has 0 saturated heterocycles. The van der Waals surface area contributed by atoms with Gasteiger partial charge in [0.25, 0.3) is 0 Å². The number of methoxy groups -OCH3 is 1. The summed E-state index contributed by atoms with van der Waals surface area (Å²) in [4.78, 5) is 0.166. The fourth-order valence-electron chi connectivity index (χ4n) is 2.39. The summed E-state index contributed by atoms with van der Waals surface area (Å²) in [7, 11) is -2.10. The normalized spacial score (nSPS) is 12.4. The van der Waals surface area contributed by atoms with Crippen LogP contribution in [0.5, 0.6) is 5.75 Å². The molecule has 3 N–H and O–H groups in total. The molecule has 0 atom stereocenters. The highest BCUT2D eigenvalue weighted by Gasteiger charge is 2.22. The number of nitrogens with two attached hydrogens (primary N) is 1. The first-order valence-electron chi connectivity index (χ1n) is 7.12. The second-order valence-corrected chi connectivity index (χ2v) is 7.67. The Morgan fingerprint density at radius 3 is 2.24 bits per heavy atom. The molecule has 0 heterocycles. The van der Waals surface area contributed by atoms with Gasteiger partial charge >= 0.3 is 0 Å². The van der Waals surface area contributed by atoms with Gasteiger partial charge in [0.1, 0.15) is 5.75 Å². The third-order valence-corrected chi connectivity index (χ3v) is 5.16. The van der Waals surface area contributed by atoms with E-state index in [0.717, 1.165) is 0 Å². The van der Waals surface area contributed by atoms with Crippen LogP contribution in [0.25, 0.3) is 0 Å². The summed E-state index contributed by atoms with van der Waals surface area (Å²) in [6.07, 6.45) is 0. The lowest BCUT2D eigenvalue weighted by Crippen LogP contribution is -2.34. The van der Waals surface area contributed by atoms with Crippen molar-refractivity contribution in [2.45, 2.75) is 32.6 Å². The van der Waals surface area contributed by atoms with E-state index in [1.54, 1.807) is 0 Å². The van der Waals surface area contributed by atoms with E-state index in [0.29, 0.717) is 29.8 Å². The third-order valence-electron chi connectivity index (χ3n) is 3.74. The highest BCUT2D eigenvalue weighted by atomic mass is 32.2. The molecule has 120 valence electrons. The van der Waals surface area contributed by atoms with Gasteiger partial charge in [-0.3, -0.25) is 0 Å². The molecule has 1 rings (SSSR count). The van der Waals surface area contributed by atoms with Gasteiger partial charge in [0.2, 0.25) is 10.0 Å². The number of ether oxygens (including phenoxy) is 1. The van der Waals surface area contributed by atoms with Crippen molar-refractivity contribution in [1.29, 1.82) is 0 Å². The lowest BCUT2D eigenvalue weighted by Gasteiger charge is -2.25. The fraction of sp³-hybridized carbons (Fsp3) is 0.600. The molecule has 1 aromatic carbocycles. The zero-order valence-corrected chi connectivity index (χ0v) is 14.2. The van der Waals surface area contributed by atoms with Crippen molar-refractivity contribution in [2.24, 2.45) is 17.8 Å². The molecular formula is C15H26N2O3S. The van der Waals surface area contributed by atoms with Crippen molar-refractivity contribution in [3.05, 3.63) is 18.2 Å². The Balaban J connectivity index is 2.91. The Morgan fingerprint density at radius 2 is 1.76 bits per heavy atom. The highest BCUT2D eigenvalue weighted by Crippen LogP contribution is 2.25. The van der Waals surface area contributed by atoms with E-state index in [-0.39, 0.29) is 10.8 Å². The second kappa shape index (κ2) is 7.13. The van der Waals surface area contributed by atoms with Crippen molar-refractivity contribution in [3.8, 4) is 5.75 Å². The minimum Gasteiger partial charge on any atom is -0.495 e. The number of hydrogen-bond acceptors (Lipinski definition) is 4. The monoisotopic (exact) mass is 314 g/mol. The van der Waals surface area contributed by atoms with Crippen LogP contribution in [0.4, 0.5) is 5.69 Å². The van der Waals surface area contributed by atoms with E-state index in [9.17, 15) is 8.42 Å². The average Bonchev–Trinajstić information content (AvgIpc) is 2.38. The molecule has 0 saturated carbocycles. The molecule has 0 aromatic heterocycles. The van der Waals surface area contributed by atoms with Gasteiger partial charge in [-0.15, -0.1) is 0 Å². The lowest BCUT2D eigenvalue weighted by molar-refractivity contribution is 0.289. The van der Waals surface area contributed by atoms with E-state index >= 15 is 0 Å². The van der Waals surface area contributed by atoms with Crippen LogP contribution in [0, 0.1) is 17.8 Å². The zero-order valence-electron chi connectivity index (χ0n) is 13.4. The zero-order chi connectivity index (χ0) is 16.2. The summed E-state index contributed by atoms with van der Waals surface area (Å²) in [6.45, 7) is 8.83. The number of nitrogens with one attached hydrogen (secondary N) is 1. The Kier molecular flexibility index (Phi) is 6.04. The number of hydrogen-bond donors (Lipinski definition) is 2. The molecule has 6 heteroatoms. The summed E-state index contributed by atoms with van der Waals surface area (Å²) >= 11 is 0. The Labute approximate surface area is 127 Å². The summed E-state index contributed by atoms with van der Waals surface area (Å²) < 4.78 is 32.5. The predicted octanol–water partition coefficient (Wildman–Crippen LogP) is 2.48. The SMILES string of the molecule is COc1cc(S(=O)(=O)NCC(C(C)C)C(C)C)ccc1N. The van der Waals surface area contributed by atoms with Gasteiger partial charge in [-0.1, -0.05) is 27.7 Å². The molecule has 0 bridgehead atoms. The van der Waals surface area contributed by atoms with Gasteiger partial charge in [0.15, 0.2) is 0 Å². The van der Waals surface area contributed by atoms with Crippen molar-refractivity contribution in [1.82, 2.24) is 4.72 Å². The molecule has 0 aliphatic carbocycles. The van der Waals surface area contributed by atoms with E-state index < -0.39 is 10.0 Å². The maximum atomic E-state index is 12.4. The Bertz CT molecular complexity index is 560. The third kappa shape index (κ3) is 4.61. The molecule has 0 aliphatic heterocycles. The number of nitrogen functional groups attached to an aromatic ring is 1. The first-order chi connectivity index (χ1) is 9.69. The molecule has 0 radical (unpaired) electrons. The second-order valence-electron chi connectivity index (χ2n) is 5.91. The first kappa shape index (κ1) is 17.8. The molecule has 0 unspecified atom stereocenters. The van der Waals surface area contributed by atoms with E-state index in [4.69, 9.17) is 10.5 Å². The maximum absolute atomic E-state index is 12.4. The Morgan fingerprint density at radius 1 is 1.19 bits per heavy atom. The standard InChI is InChI=1S/C15H26N2O3S/c1-10(2)13(11(3)4)9-17-21(18,19)12-6-7-14(16)15(8-12)20-5/h6-8,10-11,13,17H,9,16H2,1-5H3. The average molecular weight is 314 g/mol. The van der Waals surface area contributed by atoms with Crippen LogP contribution in [0.15, 0.2) is 23.1 Å². The number of rotatable bonds is 7. The fourth-order valence-corrected chi connectivity index (χ4v) is 3.48. The first-order valence-corrected chi connectivity index (χ1v) is 8.60. The number of anilines is 1. The van der Waals surface area contributed by atoms with Gasteiger partial charge in [-0.2, -0.15) is 0 Å². The summed E-state index contributed by atoms with van der Waals surface area (Å²) in [5.74, 6) is 1.47. The van der Waals surface area contributed by atoms with Crippen LogP contribution >= 0.6 is 0 Å². The number of benzene rings is 1. The molecule has 0 amide bonds. The van der Waals surface area contributed by atoms with Crippen molar-refractivity contribution in [3.63, 3.8) is 0 Å². The van der Waals surface area contributed by atoms with E-state index in [2.05, 4.69) is 32.4 Å². The predicted molar refractivity (Wildman–Crippen MR) is 85.8 cm³/mol. The number of sulfonamides is 1. The van der Waals surface area contributed by atoms with Gasteiger partial charge in [0.05, 0.1) is 17.7 Å². The quantitative estimate of drug-likeness (QED) is 0.758. The van der Waals surface area contributed by atoms with Gasteiger partial charge in [-0.05, 0) is 29.9 Å². The maximum Gasteiger partial charge on any atom is 0.240 e. The Hall–Kier alpha value is -1.27. The minimum atomic E-state index is -3.56. The van der Waals surface area contributed by atoms with Gasteiger partial charge in [0, 0.05) is 12.6 Å². The largest absolute Gasteiger partial charge is 0.495 e. The van der Waals surface area contributed by atoms with Crippen molar-refractivity contribution >= 4 is 15.7 Å². The smallest absolute Gasteiger partial charge is 0.240 e. The van der Waals surface area contributed by atoms with E-state index in [1.807, 2.05) is 0 Å². The minimum absolute atomic E-state index is 0.166. The molecule has 0 aliphatic rings. The van der Waals surface area contributed by atoms with Crippen LogP contribution in [0.1, 0.15) is 27.7 Å². The summed E-state index contributed by atoms with van der Waals surface area (Å²) in [6, 6.07) is 4.47. The molecule has 0 spiro atoms. The van der Waals surface area contributed by atoms with Crippen LogP contribution in [0.2, 0.25) is 0 Å². The summed E-state index contributed by atoms with van der Waals surface area (Å²) in [5.41, 5.74) is 6.12.